The van der Waals surface area contributed by atoms with Crippen LogP contribution < -0.4 is 10.5 Å². The number of likely N-dealkylation sites (tertiary alicyclic amines) is 1. The lowest BCUT2D eigenvalue weighted by Crippen LogP contribution is -2.33. The molecule has 1 saturated heterocycles. The number of aromatic nitrogens is 4. The van der Waals surface area contributed by atoms with Gasteiger partial charge < -0.3 is 15.4 Å². The van der Waals surface area contributed by atoms with Crippen LogP contribution in [0.2, 0.25) is 0 Å². The number of aryl methyl sites for hydroxylation is 1. The lowest BCUT2D eigenvalue weighted by Gasteiger charge is -2.22. The standard InChI is InChI=1S/C31H32N6O2S/c1-17-27(40-29(35-17)28-33-11-4-12-34-28)30(38)37-15-22-23(16-37)26(22)39-25-14-21(31(2,3)32)13-24(36-25)20-9-7-19(8-10-20)18-5-6-18/h4,7-14,18,22-23,26H,5-6,15-16,32H2,1-3H3. The minimum atomic E-state index is -0.525. The second kappa shape index (κ2) is 9.45. The van der Waals surface area contributed by atoms with Gasteiger partial charge >= 0.3 is 0 Å². The fraction of sp³-hybridized carbons (Fsp3) is 0.387. The first-order valence-electron chi connectivity index (χ1n) is 13.9. The molecule has 0 radical (unpaired) electrons. The van der Waals surface area contributed by atoms with Crippen molar-refractivity contribution in [3.05, 3.63) is 76.6 Å². The second-order valence-electron chi connectivity index (χ2n) is 11.8. The van der Waals surface area contributed by atoms with Crippen LogP contribution in [0.4, 0.5) is 0 Å². The molecule has 2 atom stereocenters. The number of fused-ring (bicyclic) bond motifs is 1. The van der Waals surface area contributed by atoms with Crippen LogP contribution >= 0.6 is 11.3 Å². The summed E-state index contributed by atoms with van der Waals surface area (Å²) >= 11 is 1.36. The van der Waals surface area contributed by atoms with Crippen LogP contribution in [-0.2, 0) is 5.54 Å². The van der Waals surface area contributed by atoms with E-state index in [0.29, 0.717) is 52.2 Å². The van der Waals surface area contributed by atoms with Crippen LogP contribution in [0.15, 0.2) is 54.9 Å². The Morgan fingerprint density at radius 3 is 2.40 bits per heavy atom. The van der Waals surface area contributed by atoms with Gasteiger partial charge in [-0.25, -0.2) is 19.9 Å². The summed E-state index contributed by atoms with van der Waals surface area (Å²) in [6.45, 7) is 7.20. The Kier molecular flexibility index (Phi) is 5.98. The molecule has 0 bridgehead atoms. The van der Waals surface area contributed by atoms with Crippen molar-refractivity contribution in [3.8, 4) is 28.0 Å². The Balaban J connectivity index is 1.05. The molecule has 3 aliphatic rings. The van der Waals surface area contributed by atoms with Crippen molar-refractivity contribution in [1.82, 2.24) is 24.8 Å². The molecule has 7 rings (SSSR count). The third-order valence-corrected chi connectivity index (χ3v) is 9.35. The second-order valence-corrected chi connectivity index (χ2v) is 12.8. The van der Waals surface area contributed by atoms with Crippen LogP contribution in [0.25, 0.3) is 22.1 Å². The van der Waals surface area contributed by atoms with E-state index in [0.717, 1.165) is 22.7 Å². The van der Waals surface area contributed by atoms with E-state index in [1.54, 1.807) is 18.5 Å². The number of ether oxygens (including phenoxy) is 1. The van der Waals surface area contributed by atoms with Gasteiger partial charge in [-0.05, 0) is 62.8 Å². The Labute approximate surface area is 237 Å². The van der Waals surface area contributed by atoms with Crippen LogP contribution in [0.5, 0.6) is 5.88 Å². The summed E-state index contributed by atoms with van der Waals surface area (Å²) in [5, 5.41) is 0.666. The highest BCUT2D eigenvalue weighted by atomic mass is 32.1. The molecular formula is C31H32N6O2S. The average Bonchev–Trinajstić information content (AvgIpc) is 3.82. The Hall–Kier alpha value is -3.69. The highest BCUT2D eigenvalue weighted by molar-refractivity contribution is 7.17. The van der Waals surface area contributed by atoms with Crippen molar-refractivity contribution < 1.29 is 9.53 Å². The Morgan fingerprint density at radius 1 is 1.05 bits per heavy atom. The molecule has 0 spiro atoms. The zero-order valence-electron chi connectivity index (χ0n) is 22.9. The number of amides is 1. The van der Waals surface area contributed by atoms with Gasteiger partial charge in [0.15, 0.2) is 10.8 Å². The molecule has 4 heterocycles. The first-order chi connectivity index (χ1) is 19.2. The largest absolute Gasteiger partial charge is 0.474 e. The van der Waals surface area contributed by atoms with E-state index in [4.69, 9.17) is 15.5 Å². The maximum absolute atomic E-state index is 13.4. The molecule has 2 aliphatic carbocycles. The molecule has 2 N–H and O–H groups in total. The Bertz CT molecular complexity index is 1560. The summed E-state index contributed by atoms with van der Waals surface area (Å²) in [7, 11) is 0. The third-order valence-electron chi connectivity index (χ3n) is 8.21. The maximum atomic E-state index is 13.4. The summed E-state index contributed by atoms with van der Waals surface area (Å²) in [4.78, 5) is 33.9. The van der Waals surface area contributed by atoms with Crippen molar-refractivity contribution in [3.63, 3.8) is 0 Å². The summed E-state index contributed by atoms with van der Waals surface area (Å²) in [5.41, 5.74) is 11.0. The van der Waals surface area contributed by atoms with Crippen molar-refractivity contribution in [2.75, 3.05) is 13.1 Å². The van der Waals surface area contributed by atoms with Gasteiger partial charge in [0, 0.05) is 54.5 Å². The topological polar surface area (TPSA) is 107 Å². The number of benzene rings is 1. The van der Waals surface area contributed by atoms with Crippen LogP contribution in [0.3, 0.4) is 0 Å². The van der Waals surface area contributed by atoms with Crippen molar-refractivity contribution in [2.45, 2.75) is 51.2 Å². The van der Waals surface area contributed by atoms with E-state index in [2.05, 4.69) is 45.3 Å². The first kappa shape index (κ1) is 25.3. The van der Waals surface area contributed by atoms with Gasteiger partial charge in [-0.15, -0.1) is 11.3 Å². The third kappa shape index (κ3) is 4.77. The zero-order valence-corrected chi connectivity index (χ0v) is 23.7. The van der Waals surface area contributed by atoms with E-state index in [9.17, 15) is 4.79 Å². The number of pyridine rings is 1. The van der Waals surface area contributed by atoms with Crippen LogP contribution in [0.1, 0.15) is 59.1 Å². The van der Waals surface area contributed by atoms with Crippen LogP contribution in [-0.4, -0.2) is 49.9 Å². The molecule has 8 nitrogen and oxygen atoms in total. The van der Waals surface area contributed by atoms with E-state index in [1.807, 2.05) is 31.7 Å². The number of piperidine rings is 1. The van der Waals surface area contributed by atoms with Gasteiger partial charge in [0.25, 0.3) is 5.91 Å². The van der Waals surface area contributed by atoms with Crippen molar-refractivity contribution in [2.24, 2.45) is 17.6 Å². The van der Waals surface area contributed by atoms with Gasteiger partial charge in [-0.2, -0.15) is 0 Å². The fourth-order valence-corrected chi connectivity index (χ4v) is 6.61. The lowest BCUT2D eigenvalue weighted by atomic mass is 9.94. The molecule has 9 heteroatoms. The monoisotopic (exact) mass is 552 g/mol. The minimum Gasteiger partial charge on any atom is -0.474 e. The van der Waals surface area contributed by atoms with Gasteiger partial charge in [-0.1, -0.05) is 24.3 Å². The molecule has 2 saturated carbocycles. The molecule has 1 aromatic carbocycles. The summed E-state index contributed by atoms with van der Waals surface area (Å²) in [6.07, 6.45) is 5.98. The smallest absolute Gasteiger partial charge is 0.265 e. The fourth-order valence-electron chi connectivity index (χ4n) is 5.62. The number of hydrogen-bond acceptors (Lipinski definition) is 8. The quantitative estimate of drug-likeness (QED) is 0.336. The SMILES string of the molecule is Cc1nc(-c2ncccn2)sc1C(=O)N1CC2C(C1)C2Oc1cc(C(C)(C)N)cc(-c2ccc(C3CC3)cc2)n1. The number of rotatable bonds is 7. The molecule has 2 unspecified atom stereocenters. The number of nitrogens with zero attached hydrogens (tertiary/aromatic N) is 5. The zero-order chi connectivity index (χ0) is 27.6. The highest BCUT2D eigenvalue weighted by Gasteiger charge is 2.59. The van der Waals surface area contributed by atoms with Crippen molar-refractivity contribution in [1.29, 1.82) is 0 Å². The predicted octanol–water partition coefficient (Wildman–Crippen LogP) is 5.19. The Morgan fingerprint density at radius 2 is 1.75 bits per heavy atom. The normalized spacial score (nSPS) is 21.8. The molecule has 204 valence electrons. The van der Waals surface area contributed by atoms with Gasteiger partial charge in [-0.3, -0.25) is 4.79 Å². The number of nitrogens with two attached hydrogens (primary N) is 1. The van der Waals surface area contributed by atoms with Crippen molar-refractivity contribution >= 4 is 17.2 Å². The number of hydrogen-bond donors (Lipinski definition) is 1. The number of carbonyl (C=O) groups is 1. The number of carbonyl (C=O) groups excluding carboxylic acids is 1. The predicted molar refractivity (Wildman–Crippen MR) is 154 cm³/mol. The molecular weight excluding hydrogens is 520 g/mol. The van der Waals surface area contributed by atoms with E-state index < -0.39 is 5.54 Å². The van der Waals surface area contributed by atoms with E-state index in [1.165, 1.54) is 29.7 Å². The van der Waals surface area contributed by atoms with Gasteiger partial charge in [0.05, 0.1) is 11.4 Å². The van der Waals surface area contributed by atoms with Crippen LogP contribution in [0, 0.1) is 18.8 Å². The molecule has 3 aromatic heterocycles. The highest BCUT2D eigenvalue weighted by Crippen LogP contribution is 2.49. The molecule has 4 aromatic rings. The summed E-state index contributed by atoms with van der Waals surface area (Å²) in [5.74, 6) is 2.47. The van der Waals surface area contributed by atoms with Gasteiger partial charge in [0.2, 0.25) is 5.88 Å². The molecule has 3 fully saturated rings. The van der Waals surface area contributed by atoms with E-state index >= 15 is 0 Å². The first-order valence-corrected chi connectivity index (χ1v) is 14.7. The summed E-state index contributed by atoms with van der Waals surface area (Å²) < 4.78 is 6.45. The number of thiazole rings is 1. The maximum Gasteiger partial charge on any atom is 0.265 e. The summed E-state index contributed by atoms with van der Waals surface area (Å²) in [6, 6.07) is 14.5. The minimum absolute atomic E-state index is 0.0186. The lowest BCUT2D eigenvalue weighted by molar-refractivity contribution is 0.0755. The molecule has 1 aliphatic heterocycles. The molecule has 1 amide bonds. The van der Waals surface area contributed by atoms with E-state index in [-0.39, 0.29) is 12.0 Å². The average molecular weight is 553 g/mol. The van der Waals surface area contributed by atoms with Gasteiger partial charge in [0.1, 0.15) is 11.0 Å². The molecule has 40 heavy (non-hydrogen) atoms.